The largest absolute Gasteiger partial charge is 0.399 e. The third-order valence-corrected chi connectivity index (χ3v) is 8.36. The number of sulfone groups is 1. The Morgan fingerprint density at radius 3 is 1.70 bits per heavy atom. The van der Waals surface area contributed by atoms with E-state index in [9.17, 15) is 23.4 Å². The maximum atomic E-state index is 12.7. The van der Waals surface area contributed by atoms with E-state index in [1.807, 2.05) is 0 Å². The minimum absolute atomic E-state index is 0.0813. The fraction of sp³-hybridized carbons (Fsp3) is 0.731. The number of carbonyl (C=O) groups is 1. The molecule has 0 spiro atoms. The van der Waals surface area contributed by atoms with Crippen molar-refractivity contribution in [2.45, 2.75) is 114 Å². The molecule has 4 N–H and O–H groups in total. The van der Waals surface area contributed by atoms with Crippen molar-refractivity contribution in [3.05, 3.63) is 24.3 Å². The van der Waals surface area contributed by atoms with E-state index in [-0.39, 0.29) is 11.3 Å². The zero-order valence-electron chi connectivity index (χ0n) is 20.6. The van der Waals surface area contributed by atoms with E-state index in [1.165, 1.54) is 82.1 Å². The lowest BCUT2D eigenvalue weighted by Gasteiger charge is -2.24. The van der Waals surface area contributed by atoms with Crippen LogP contribution < -0.4 is 5.73 Å². The number of rotatable bonds is 19. The Morgan fingerprint density at radius 2 is 1.27 bits per heavy atom. The average Bonchev–Trinajstić information content (AvgIpc) is 2.78. The molecular weight excluding hydrogens is 438 g/mol. The summed E-state index contributed by atoms with van der Waals surface area (Å²) in [7, 11) is -4.44. The van der Waals surface area contributed by atoms with Gasteiger partial charge in [-0.05, 0) is 36.6 Å². The predicted molar refractivity (Wildman–Crippen MR) is 135 cm³/mol. The highest BCUT2D eigenvalue weighted by atomic mass is 32.2. The zero-order chi connectivity index (χ0) is 24.7. The van der Waals surface area contributed by atoms with Crippen molar-refractivity contribution in [1.29, 1.82) is 0 Å². The summed E-state index contributed by atoms with van der Waals surface area (Å²) in [6.07, 6.45) is 15.0. The van der Waals surface area contributed by atoms with Crippen LogP contribution in [-0.4, -0.2) is 36.0 Å². The van der Waals surface area contributed by atoms with Crippen molar-refractivity contribution in [3.63, 3.8) is 0 Å². The van der Waals surface area contributed by atoms with E-state index in [4.69, 9.17) is 5.73 Å². The summed E-state index contributed by atoms with van der Waals surface area (Å²) < 4.78 is 25.5. The van der Waals surface area contributed by atoms with Crippen molar-refractivity contribution in [1.82, 2.24) is 0 Å². The topological polar surface area (TPSA) is 118 Å². The maximum absolute atomic E-state index is 12.7. The van der Waals surface area contributed by atoms with Gasteiger partial charge in [0.25, 0.3) is 4.93 Å². The number of nitrogen functional groups attached to an aromatic ring is 1. The number of nitrogens with two attached hydrogens (primary N) is 1. The van der Waals surface area contributed by atoms with Crippen molar-refractivity contribution in [3.8, 4) is 0 Å². The van der Waals surface area contributed by atoms with Crippen molar-refractivity contribution in [2.75, 3.05) is 12.3 Å². The number of aliphatic hydroxyl groups excluding tert-OH is 1. The lowest BCUT2D eigenvalue weighted by Crippen LogP contribution is -2.49. The van der Waals surface area contributed by atoms with Crippen molar-refractivity contribution >= 4 is 21.3 Å². The first-order valence-electron chi connectivity index (χ1n) is 12.6. The molecule has 1 aromatic rings. The van der Waals surface area contributed by atoms with Crippen LogP contribution in [0, 0.1) is 5.92 Å². The molecule has 7 heteroatoms. The van der Waals surface area contributed by atoms with E-state index in [1.54, 1.807) is 0 Å². The summed E-state index contributed by atoms with van der Waals surface area (Å²) in [5.41, 5.74) is 5.93. The van der Waals surface area contributed by atoms with Gasteiger partial charge in [0.05, 0.1) is 11.5 Å². The molecule has 1 unspecified atom stereocenters. The summed E-state index contributed by atoms with van der Waals surface area (Å²) in [6, 6.07) is 5.21. The number of Topliss-reactive ketones (excluding diaryl/α,β-unsaturated/α-hetero) is 1. The van der Waals surface area contributed by atoms with Gasteiger partial charge < -0.3 is 15.9 Å². The van der Waals surface area contributed by atoms with Gasteiger partial charge in [-0.25, -0.2) is 8.42 Å². The smallest absolute Gasteiger partial charge is 0.252 e. The van der Waals surface area contributed by atoms with Crippen molar-refractivity contribution in [2.24, 2.45) is 5.92 Å². The first kappa shape index (κ1) is 29.6. The molecule has 0 radical (unpaired) electrons. The quantitative estimate of drug-likeness (QED) is 0.179. The summed E-state index contributed by atoms with van der Waals surface area (Å²) in [5.74, 6) is -0.0539. The zero-order valence-corrected chi connectivity index (χ0v) is 21.4. The van der Waals surface area contributed by atoms with E-state index in [2.05, 4.69) is 13.8 Å². The number of hydrogen-bond donors (Lipinski definition) is 3. The number of aliphatic hydroxyl groups is 2. The molecule has 0 aliphatic carbocycles. The van der Waals surface area contributed by atoms with Gasteiger partial charge in [-0.15, -0.1) is 0 Å². The maximum Gasteiger partial charge on any atom is 0.252 e. The Morgan fingerprint density at radius 1 is 0.848 bits per heavy atom. The standard InChI is InChI=1S/C26H45NO5S/c1-22(2)15-13-11-9-7-5-3-4-6-8-10-12-14-16-25(29)26(30,21-28)33(31,32)24-19-17-23(27)18-20-24/h17-20,22,28,30H,3-16,21,27H2,1-2H3. The van der Waals surface area contributed by atoms with Crippen LogP contribution in [0.15, 0.2) is 29.2 Å². The van der Waals surface area contributed by atoms with Gasteiger partial charge in [-0.2, -0.15) is 0 Å². The molecule has 0 saturated heterocycles. The van der Waals surface area contributed by atoms with Crippen LogP contribution >= 0.6 is 0 Å². The minimum atomic E-state index is -4.44. The van der Waals surface area contributed by atoms with E-state index >= 15 is 0 Å². The molecule has 1 atom stereocenters. The van der Waals surface area contributed by atoms with Gasteiger partial charge in [0.15, 0.2) is 5.78 Å². The number of ketones is 1. The highest BCUT2D eigenvalue weighted by Gasteiger charge is 2.48. The SMILES string of the molecule is CC(C)CCCCCCCCCCCCCCC(=O)C(O)(CO)S(=O)(=O)c1ccc(N)cc1. The van der Waals surface area contributed by atoms with Gasteiger partial charge in [-0.1, -0.05) is 90.9 Å². The summed E-state index contributed by atoms with van der Waals surface area (Å²) in [4.78, 5) is 9.44. The molecule has 1 rings (SSSR count). The molecule has 190 valence electrons. The third kappa shape index (κ3) is 10.1. The van der Waals surface area contributed by atoms with Crippen LogP contribution in [0.5, 0.6) is 0 Å². The van der Waals surface area contributed by atoms with Crippen LogP contribution in [-0.2, 0) is 14.6 Å². The van der Waals surface area contributed by atoms with Crippen LogP contribution in [0.25, 0.3) is 0 Å². The van der Waals surface area contributed by atoms with Gasteiger partial charge in [0, 0.05) is 12.1 Å². The molecule has 33 heavy (non-hydrogen) atoms. The van der Waals surface area contributed by atoms with E-state index < -0.39 is 27.2 Å². The third-order valence-electron chi connectivity index (χ3n) is 6.22. The molecule has 0 saturated carbocycles. The molecule has 6 nitrogen and oxygen atoms in total. The number of carbonyl (C=O) groups excluding carboxylic acids is 1. The Labute approximate surface area is 200 Å². The van der Waals surface area contributed by atoms with Crippen LogP contribution in [0.2, 0.25) is 0 Å². The van der Waals surface area contributed by atoms with Gasteiger partial charge in [-0.3, -0.25) is 4.79 Å². The second-order valence-corrected chi connectivity index (χ2v) is 11.8. The minimum Gasteiger partial charge on any atom is -0.399 e. The normalized spacial score (nSPS) is 13.8. The second kappa shape index (κ2) is 15.5. The molecule has 0 bridgehead atoms. The Bertz CT molecular complexity index is 776. The van der Waals surface area contributed by atoms with Gasteiger partial charge >= 0.3 is 0 Å². The van der Waals surface area contributed by atoms with E-state index in [0.717, 1.165) is 25.2 Å². The number of unbranched alkanes of at least 4 members (excludes halogenated alkanes) is 11. The number of anilines is 1. The lowest BCUT2D eigenvalue weighted by atomic mass is 10.0. The average molecular weight is 484 g/mol. The number of hydrogen-bond acceptors (Lipinski definition) is 6. The molecule has 0 aromatic heterocycles. The van der Waals surface area contributed by atoms with Gasteiger partial charge in [0.1, 0.15) is 0 Å². The molecule has 0 aliphatic rings. The highest BCUT2D eigenvalue weighted by molar-refractivity contribution is 7.93. The Balaban J connectivity index is 2.21. The van der Waals surface area contributed by atoms with Gasteiger partial charge in [0.2, 0.25) is 9.84 Å². The monoisotopic (exact) mass is 483 g/mol. The Kier molecular flexibility index (Phi) is 13.9. The molecule has 0 fully saturated rings. The fourth-order valence-corrected chi connectivity index (χ4v) is 5.42. The molecular formula is C26H45NO5S. The summed E-state index contributed by atoms with van der Waals surface area (Å²) in [5, 5.41) is 20.1. The fourth-order valence-electron chi connectivity index (χ4n) is 3.97. The van der Waals surface area contributed by atoms with Crippen LogP contribution in [0.1, 0.15) is 104 Å². The number of benzene rings is 1. The second-order valence-electron chi connectivity index (χ2n) is 9.61. The van der Waals surface area contributed by atoms with E-state index in [0.29, 0.717) is 12.1 Å². The first-order chi connectivity index (χ1) is 15.6. The van der Waals surface area contributed by atoms with Crippen LogP contribution in [0.4, 0.5) is 5.69 Å². The first-order valence-corrected chi connectivity index (χ1v) is 14.1. The van der Waals surface area contributed by atoms with Crippen molar-refractivity contribution < 1.29 is 23.4 Å². The predicted octanol–water partition coefficient (Wildman–Crippen LogP) is 5.41. The molecule has 1 aromatic carbocycles. The lowest BCUT2D eigenvalue weighted by molar-refractivity contribution is -0.132. The summed E-state index contributed by atoms with van der Waals surface area (Å²) in [6.45, 7) is 3.39. The highest BCUT2D eigenvalue weighted by Crippen LogP contribution is 2.27. The molecule has 0 aliphatic heterocycles. The summed E-state index contributed by atoms with van der Waals surface area (Å²) >= 11 is 0. The van der Waals surface area contributed by atoms with Crippen LogP contribution in [0.3, 0.4) is 0 Å². The molecule has 0 heterocycles. The molecule has 0 amide bonds. The Hall–Kier alpha value is -1.44.